The van der Waals surface area contributed by atoms with Crippen LogP contribution in [0.5, 0.6) is 17.2 Å². The molecule has 190 valence electrons. The smallest absolute Gasteiger partial charge is 0.273 e. The van der Waals surface area contributed by atoms with E-state index < -0.39 is 0 Å². The van der Waals surface area contributed by atoms with Crippen molar-refractivity contribution >= 4 is 5.91 Å². The second-order valence-corrected chi connectivity index (χ2v) is 9.07. The van der Waals surface area contributed by atoms with Crippen molar-refractivity contribution in [2.45, 2.75) is 26.3 Å². The molecule has 5 rings (SSSR count). The SMILES string of the molecule is CCOc1ccc(C2c3c(-c4ccc(C)cc4)n[nH]c3C(=O)N2CCc2ccc(OC)cc2)cc1OC. The number of hydrogen-bond acceptors (Lipinski definition) is 5. The first-order chi connectivity index (χ1) is 18.0. The molecule has 0 aliphatic carbocycles. The van der Waals surface area contributed by atoms with Gasteiger partial charge in [-0.1, -0.05) is 48.0 Å². The molecule has 4 aromatic rings. The van der Waals surface area contributed by atoms with E-state index in [2.05, 4.69) is 29.3 Å². The number of amides is 1. The van der Waals surface area contributed by atoms with Gasteiger partial charge in [0, 0.05) is 17.7 Å². The van der Waals surface area contributed by atoms with Crippen LogP contribution < -0.4 is 14.2 Å². The number of carbonyl (C=O) groups excluding carboxylic acids is 1. The van der Waals surface area contributed by atoms with Gasteiger partial charge in [-0.15, -0.1) is 0 Å². The Bertz CT molecular complexity index is 1390. The minimum absolute atomic E-state index is 0.0628. The second kappa shape index (κ2) is 10.4. The van der Waals surface area contributed by atoms with E-state index in [1.807, 2.05) is 66.4 Å². The fourth-order valence-corrected chi connectivity index (χ4v) is 4.88. The Morgan fingerprint density at radius 2 is 1.70 bits per heavy atom. The van der Waals surface area contributed by atoms with Gasteiger partial charge in [0.15, 0.2) is 11.5 Å². The largest absolute Gasteiger partial charge is 0.497 e. The highest BCUT2D eigenvalue weighted by Crippen LogP contribution is 2.44. The maximum absolute atomic E-state index is 13.7. The second-order valence-electron chi connectivity index (χ2n) is 9.07. The van der Waals surface area contributed by atoms with Crippen LogP contribution in [0.3, 0.4) is 0 Å². The van der Waals surface area contributed by atoms with Gasteiger partial charge in [0.1, 0.15) is 11.4 Å². The van der Waals surface area contributed by atoms with Gasteiger partial charge in [0.05, 0.1) is 32.6 Å². The van der Waals surface area contributed by atoms with Crippen molar-refractivity contribution in [2.24, 2.45) is 0 Å². The molecule has 0 saturated carbocycles. The number of hydrogen-bond donors (Lipinski definition) is 1. The minimum Gasteiger partial charge on any atom is -0.497 e. The predicted octanol–water partition coefficient (Wildman–Crippen LogP) is 5.59. The number of nitrogens with zero attached hydrogens (tertiary/aromatic N) is 2. The highest BCUT2D eigenvalue weighted by molar-refractivity contribution is 6.00. The minimum atomic E-state index is -0.319. The molecule has 1 N–H and O–H groups in total. The third-order valence-corrected chi connectivity index (χ3v) is 6.79. The number of H-pyrrole nitrogens is 1. The van der Waals surface area contributed by atoms with Gasteiger partial charge in [0.2, 0.25) is 0 Å². The normalized spacial score (nSPS) is 14.5. The van der Waals surface area contributed by atoms with Crippen molar-refractivity contribution in [1.29, 1.82) is 0 Å². The van der Waals surface area contributed by atoms with E-state index in [1.165, 1.54) is 5.56 Å². The Morgan fingerprint density at radius 1 is 0.946 bits per heavy atom. The van der Waals surface area contributed by atoms with Gasteiger partial charge in [-0.3, -0.25) is 9.89 Å². The topological polar surface area (TPSA) is 76.7 Å². The molecule has 0 spiro atoms. The Labute approximate surface area is 217 Å². The third kappa shape index (κ3) is 4.65. The summed E-state index contributed by atoms with van der Waals surface area (Å²) >= 11 is 0. The molecule has 1 aromatic heterocycles. The van der Waals surface area contributed by atoms with E-state index >= 15 is 0 Å². The molecule has 0 saturated heterocycles. The maximum Gasteiger partial charge on any atom is 0.273 e. The van der Waals surface area contributed by atoms with E-state index in [-0.39, 0.29) is 11.9 Å². The van der Waals surface area contributed by atoms with Crippen LogP contribution in [0.1, 0.15) is 45.7 Å². The zero-order chi connectivity index (χ0) is 25.9. The number of benzene rings is 3. The van der Waals surface area contributed by atoms with Crippen LogP contribution in [0.2, 0.25) is 0 Å². The van der Waals surface area contributed by atoms with Crippen LogP contribution in [0.4, 0.5) is 0 Å². The molecule has 1 unspecified atom stereocenters. The number of ether oxygens (including phenoxy) is 3. The maximum atomic E-state index is 13.7. The van der Waals surface area contributed by atoms with E-state index in [1.54, 1.807) is 14.2 Å². The van der Waals surface area contributed by atoms with Gasteiger partial charge in [-0.2, -0.15) is 5.10 Å². The molecule has 1 aliphatic heterocycles. The quantitative estimate of drug-likeness (QED) is 0.326. The standard InChI is InChI=1S/C30H31N3O4/c1-5-37-24-15-12-22(18-25(24)36-4)29-26-27(21-10-6-19(2)7-11-21)31-32-28(26)30(34)33(29)17-16-20-8-13-23(35-3)14-9-20/h6-15,18,29H,5,16-17H2,1-4H3,(H,31,32). The van der Waals surface area contributed by atoms with E-state index in [9.17, 15) is 4.79 Å². The van der Waals surface area contributed by atoms with E-state index in [0.717, 1.165) is 33.7 Å². The van der Waals surface area contributed by atoms with Crippen molar-refractivity contribution in [3.8, 4) is 28.5 Å². The molecule has 0 fully saturated rings. The van der Waals surface area contributed by atoms with Crippen molar-refractivity contribution < 1.29 is 19.0 Å². The summed E-state index contributed by atoms with van der Waals surface area (Å²) in [5.41, 5.74) is 6.41. The number of methoxy groups -OCH3 is 2. The number of aromatic amines is 1. The van der Waals surface area contributed by atoms with Gasteiger partial charge >= 0.3 is 0 Å². The first-order valence-corrected chi connectivity index (χ1v) is 12.4. The van der Waals surface area contributed by atoms with Crippen molar-refractivity contribution in [2.75, 3.05) is 27.4 Å². The predicted molar refractivity (Wildman–Crippen MR) is 143 cm³/mol. The lowest BCUT2D eigenvalue weighted by molar-refractivity contribution is 0.0745. The van der Waals surface area contributed by atoms with Crippen LogP contribution in [0.25, 0.3) is 11.3 Å². The summed E-state index contributed by atoms with van der Waals surface area (Å²) in [6, 6.07) is 21.7. The summed E-state index contributed by atoms with van der Waals surface area (Å²) in [6.45, 7) is 5.07. The number of fused-ring (bicyclic) bond motifs is 1. The fraction of sp³-hybridized carbons (Fsp3) is 0.267. The van der Waals surface area contributed by atoms with Crippen LogP contribution in [0.15, 0.2) is 66.7 Å². The fourth-order valence-electron chi connectivity index (χ4n) is 4.88. The summed E-state index contributed by atoms with van der Waals surface area (Å²) in [5, 5.41) is 7.62. The van der Waals surface area contributed by atoms with Gasteiger partial charge in [0.25, 0.3) is 5.91 Å². The number of rotatable bonds is 9. The Morgan fingerprint density at radius 3 is 2.38 bits per heavy atom. The van der Waals surface area contributed by atoms with Gasteiger partial charge in [-0.25, -0.2) is 0 Å². The van der Waals surface area contributed by atoms with Crippen LogP contribution in [-0.4, -0.2) is 48.4 Å². The molecule has 0 bridgehead atoms. The van der Waals surface area contributed by atoms with Crippen LogP contribution in [0, 0.1) is 6.92 Å². The zero-order valence-corrected chi connectivity index (χ0v) is 21.6. The van der Waals surface area contributed by atoms with Crippen LogP contribution in [-0.2, 0) is 6.42 Å². The number of aromatic nitrogens is 2. The monoisotopic (exact) mass is 497 g/mol. The molecule has 1 atom stereocenters. The summed E-state index contributed by atoms with van der Waals surface area (Å²) in [5.74, 6) is 2.06. The molecule has 3 aromatic carbocycles. The molecule has 7 nitrogen and oxygen atoms in total. The molecule has 1 aliphatic rings. The average molecular weight is 498 g/mol. The summed E-state index contributed by atoms with van der Waals surface area (Å²) in [7, 11) is 3.28. The first-order valence-electron chi connectivity index (χ1n) is 12.4. The highest BCUT2D eigenvalue weighted by Gasteiger charge is 2.42. The van der Waals surface area contributed by atoms with Crippen LogP contribution >= 0.6 is 0 Å². The highest BCUT2D eigenvalue weighted by atomic mass is 16.5. The lowest BCUT2D eigenvalue weighted by Gasteiger charge is -2.27. The lowest BCUT2D eigenvalue weighted by atomic mass is 9.95. The molecule has 7 heteroatoms. The summed E-state index contributed by atoms with van der Waals surface area (Å²) in [4.78, 5) is 15.6. The molecule has 0 radical (unpaired) electrons. The molecule has 2 heterocycles. The Hall–Kier alpha value is -4.26. The van der Waals surface area contributed by atoms with Crippen molar-refractivity contribution in [1.82, 2.24) is 15.1 Å². The first kappa shape index (κ1) is 24.4. The average Bonchev–Trinajstić information content (AvgIpc) is 3.47. The molecular weight excluding hydrogens is 466 g/mol. The third-order valence-electron chi connectivity index (χ3n) is 6.79. The van der Waals surface area contributed by atoms with Crippen molar-refractivity contribution in [3.05, 3.63) is 94.7 Å². The van der Waals surface area contributed by atoms with Gasteiger partial charge < -0.3 is 19.1 Å². The van der Waals surface area contributed by atoms with E-state index in [4.69, 9.17) is 14.2 Å². The summed E-state index contributed by atoms with van der Waals surface area (Å²) in [6.07, 6.45) is 0.706. The Balaban J connectivity index is 1.56. The lowest BCUT2D eigenvalue weighted by Crippen LogP contribution is -2.31. The van der Waals surface area contributed by atoms with Gasteiger partial charge in [-0.05, 0) is 55.7 Å². The number of nitrogens with one attached hydrogen (secondary N) is 1. The van der Waals surface area contributed by atoms with E-state index in [0.29, 0.717) is 36.8 Å². The zero-order valence-electron chi connectivity index (χ0n) is 21.6. The Kier molecular flexibility index (Phi) is 6.86. The molecule has 37 heavy (non-hydrogen) atoms. The molecule has 1 amide bonds. The van der Waals surface area contributed by atoms with Crippen molar-refractivity contribution in [3.63, 3.8) is 0 Å². The number of aryl methyl sites for hydroxylation is 1. The number of carbonyl (C=O) groups is 1. The molecular formula is C30H31N3O4. The summed E-state index contributed by atoms with van der Waals surface area (Å²) < 4.78 is 16.7.